The molecule has 2 N–H and O–H groups in total. The minimum absolute atomic E-state index is 0.735. The van der Waals surface area contributed by atoms with Gasteiger partial charge in [0, 0.05) is 4.70 Å². The maximum atomic E-state index is 5.96. The molecule has 3 rings (SSSR count). The van der Waals surface area contributed by atoms with Crippen LogP contribution in [0.1, 0.15) is 5.56 Å². The van der Waals surface area contributed by atoms with Gasteiger partial charge in [-0.25, -0.2) is 4.68 Å². The highest BCUT2D eigenvalue weighted by Crippen LogP contribution is 2.27. The zero-order chi connectivity index (χ0) is 11.8. The van der Waals surface area contributed by atoms with Crippen LogP contribution >= 0.6 is 33.9 Å². The van der Waals surface area contributed by atoms with Gasteiger partial charge in [-0.1, -0.05) is 18.2 Å². The van der Waals surface area contributed by atoms with E-state index in [4.69, 9.17) is 5.73 Å². The summed E-state index contributed by atoms with van der Waals surface area (Å²) in [6.45, 7) is 0.735. The van der Waals surface area contributed by atoms with Crippen LogP contribution in [0.15, 0.2) is 35.8 Å². The Morgan fingerprint density at radius 3 is 2.94 bits per heavy atom. The molecule has 0 fully saturated rings. The van der Waals surface area contributed by atoms with Crippen molar-refractivity contribution in [2.75, 3.05) is 5.73 Å². The molecular formula is C12H10IN3S. The largest absolute Gasteiger partial charge is 0.383 e. The van der Waals surface area contributed by atoms with E-state index in [1.807, 2.05) is 4.68 Å². The van der Waals surface area contributed by atoms with E-state index in [9.17, 15) is 0 Å². The third-order valence-corrected chi connectivity index (χ3v) is 4.56. The second-order valence-electron chi connectivity index (χ2n) is 3.79. The Morgan fingerprint density at radius 2 is 2.18 bits per heavy atom. The van der Waals surface area contributed by atoms with Crippen LogP contribution in [0.5, 0.6) is 0 Å². The molecule has 0 amide bonds. The Morgan fingerprint density at radius 1 is 1.35 bits per heavy atom. The molecular weight excluding hydrogens is 345 g/mol. The van der Waals surface area contributed by atoms with Crippen LogP contribution in [-0.2, 0) is 6.54 Å². The predicted molar refractivity (Wildman–Crippen MR) is 80.3 cm³/mol. The van der Waals surface area contributed by atoms with Crippen molar-refractivity contribution < 1.29 is 0 Å². The third kappa shape index (κ3) is 1.93. The van der Waals surface area contributed by atoms with E-state index in [1.165, 1.54) is 15.6 Å². The number of benzene rings is 1. The number of thiophene rings is 1. The predicted octanol–water partition coefficient (Wildman–Crippen LogP) is 3.33. The maximum absolute atomic E-state index is 5.96. The van der Waals surface area contributed by atoms with Gasteiger partial charge in [0.15, 0.2) is 0 Å². The number of halogens is 1. The second kappa shape index (κ2) is 4.30. The summed E-state index contributed by atoms with van der Waals surface area (Å²) in [5, 5.41) is 7.76. The summed E-state index contributed by atoms with van der Waals surface area (Å²) in [4.78, 5) is 0. The molecule has 86 valence electrons. The number of hydrogen-bond donors (Lipinski definition) is 1. The van der Waals surface area contributed by atoms with Gasteiger partial charge < -0.3 is 5.73 Å². The van der Waals surface area contributed by atoms with Gasteiger partial charge in [-0.2, -0.15) is 5.10 Å². The van der Waals surface area contributed by atoms with Crippen LogP contribution in [0.2, 0.25) is 0 Å². The number of nitrogens with two attached hydrogens (primary N) is 1. The van der Waals surface area contributed by atoms with E-state index in [0.29, 0.717) is 0 Å². The molecule has 0 aliphatic heterocycles. The molecule has 3 nitrogen and oxygen atoms in total. The molecule has 2 heterocycles. The van der Waals surface area contributed by atoms with E-state index in [0.717, 1.165) is 15.9 Å². The average molecular weight is 355 g/mol. The lowest BCUT2D eigenvalue weighted by molar-refractivity contribution is 0.702. The smallest absolute Gasteiger partial charge is 0.135 e. The van der Waals surface area contributed by atoms with E-state index in [1.54, 1.807) is 17.5 Å². The van der Waals surface area contributed by atoms with Crippen LogP contribution in [0.4, 0.5) is 5.82 Å². The van der Waals surface area contributed by atoms with E-state index < -0.39 is 0 Å². The highest BCUT2D eigenvalue weighted by Gasteiger charge is 2.08. The normalized spacial score (nSPS) is 11.1. The first kappa shape index (κ1) is 11.0. The van der Waals surface area contributed by atoms with Gasteiger partial charge in [-0.15, -0.1) is 11.3 Å². The van der Waals surface area contributed by atoms with Gasteiger partial charge in [0.25, 0.3) is 0 Å². The number of rotatable bonds is 2. The Kier molecular flexibility index (Phi) is 2.79. The van der Waals surface area contributed by atoms with Gasteiger partial charge in [-0.05, 0) is 45.0 Å². The van der Waals surface area contributed by atoms with Crippen molar-refractivity contribution in [3.05, 3.63) is 45.0 Å². The monoisotopic (exact) mass is 355 g/mol. The van der Waals surface area contributed by atoms with Crippen LogP contribution in [-0.4, -0.2) is 9.78 Å². The lowest BCUT2D eigenvalue weighted by atomic mass is 10.2. The topological polar surface area (TPSA) is 43.8 Å². The number of fused-ring (bicyclic) bond motifs is 1. The zero-order valence-corrected chi connectivity index (χ0v) is 11.9. The molecule has 3 aromatic rings. The highest BCUT2D eigenvalue weighted by molar-refractivity contribution is 14.1. The molecule has 1 aromatic carbocycles. The van der Waals surface area contributed by atoms with Crippen molar-refractivity contribution in [3.8, 4) is 0 Å². The number of aromatic nitrogens is 2. The Bertz CT molecular complexity index is 671. The summed E-state index contributed by atoms with van der Waals surface area (Å²) in [6, 6.07) is 8.41. The van der Waals surface area contributed by atoms with Gasteiger partial charge in [-0.3, -0.25) is 0 Å². The number of nitrogen functional groups attached to an aromatic ring is 1. The highest BCUT2D eigenvalue weighted by atomic mass is 127. The number of anilines is 1. The molecule has 2 aromatic heterocycles. The molecule has 0 unspecified atom stereocenters. The van der Waals surface area contributed by atoms with Gasteiger partial charge in [0.1, 0.15) is 5.82 Å². The molecule has 0 aliphatic carbocycles. The molecule has 0 radical (unpaired) electrons. The van der Waals surface area contributed by atoms with E-state index in [2.05, 4.69) is 57.3 Å². The van der Waals surface area contributed by atoms with Crippen molar-refractivity contribution in [3.63, 3.8) is 0 Å². The fourth-order valence-electron chi connectivity index (χ4n) is 1.81. The molecule has 17 heavy (non-hydrogen) atoms. The van der Waals surface area contributed by atoms with Crippen LogP contribution < -0.4 is 5.73 Å². The molecule has 0 saturated heterocycles. The van der Waals surface area contributed by atoms with Crippen molar-refractivity contribution in [1.29, 1.82) is 0 Å². The fourth-order valence-corrected chi connectivity index (χ4v) is 3.17. The molecule has 0 atom stereocenters. The lowest BCUT2D eigenvalue weighted by Crippen LogP contribution is -2.05. The Balaban J connectivity index is 2.03. The number of hydrogen-bond acceptors (Lipinski definition) is 3. The molecule has 0 aliphatic rings. The van der Waals surface area contributed by atoms with Gasteiger partial charge in [0.2, 0.25) is 0 Å². The zero-order valence-electron chi connectivity index (χ0n) is 8.93. The summed E-state index contributed by atoms with van der Waals surface area (Å²) in [5.41, 5.74) is 7.23. The average Bonchev–Trinajstić information content (AvgIpc) is 2.89. The summed E-state index contributed by atoms with van der Waals surface area (Å²) in [7, 11) is 0. The van der Waals surface area contributed by atoms with E-state index in [-0.39, 0.29) is 0 Å². The maximum Gasteiger partial charge on any atom is 0.135 e. The molecule has 0 spiro atoms. The second-order valence-corrected chi connectivity index (χ2v) is 5.87. The first-order valence-corrected chi connectivity index (χ1v) is 7.13. The third-order valence-electron chi connectivity index (χ3n) is 2.71. The van der Waals surface area contributed by atoms with Gasteiger partial charge in [0.05, 0.1) is 16.3 Å². The van der Waals surface area contributed by atoms with Crippen LogP contribution in [0.3, 0.4) is 0 Å². The first-order chi connectivity index (χ1) is 8.25. The summed E-state index contributed by atoms with van der Waals surface area (Å²) in [6.07, 6.45) is 1.80. The van der Waals surface area contributed by atoms with Crippen molar-refractivity contribution in [1.82, 2.24) is 9.78 Å². The fraction of sp³-hybridized carbons (Fsp3) is 0.0833. The lowest BCUT2D eigenvalue weighted by Gasteiger charge is -2.03. The van der Waals surface area contributed by atoms with Crippen molar-refractivity contribution in [2.45, 2.75) is 6.54 Å². The van der Waals surface area contributed by atoms with Crippen LogP contribution in [0.25, 0.3) is 10.1 Å². The minimum Gasteiger partial charge on any atom is -0.383 e. The Labute approximate surface area is 116 Å². The minimum atomic E-state index is 0.735. The molecule has 0 saturated carbocycles. The summed E-state index contributed by atoms with van der Waals surface area (Å²) < 4.78 is 4.15. The van der Waals surface area contributed by atoms with Gasteiger partial charge >= 0.3 is 0 Å². The standard InChI is InChI=1S/C12H10IN3S/c13-10-5-15-16(12(10)14)6-8-7-17-11-4-2-1-3-9(8)11/h1-5,7H,6,14H2. The SMILES string of the molecule is Nc1c(I)cnn1Cc1csc2ccccc12. The Hall–Kier alpha value is -1.08. The summed E-state index contributed by atoms with van der Waals surface area (Å²) in [5.74, 6) is 0.737. The number of nitrogens with zero attached hydrogens (tertiary/aromatic N) is 2. The van der Waals surface area contributed by atoms with Crippen molar-refractivity contribution in [2.24, 2.45) is 0 Å². The van der Waals surface area contributed by atoms with Crippen molar-refractivity contribution >= 4 is 49.8 Å². The first-order valence-electron chi connectivity index (χ1n) is 5.17. The summed E-state index contributed by atoms with van der Waals surface area (Å²) >= 11 is 3.96. The van der Waals surface area contributed by atoms with Crippen LogP contribution in [0, 0.1) is 3.57 Å². The molecule has 5 heteroatoms. The van der Waals surface area contributed by atoms with E-state index >= 15 is 0 Å². The quantitative estimate of drug-likeness (QED) is 0.717. The molecule has 0 bridgehead atoms.